The highest BCUT2D eigenvalue weighted by molar-refractivity contribution is 6.15. The van der Waals surface area contributed by atoms with E-state index in [0.29, 0.717) is 16.7 Å². The molecule has 2 rings (SSSR count). The van der Waals surface area contributed by atoms with Crippen LogP contribution >= 0.6 is 0 Å². The zero-order chi connectivity index (χ0) is 14.2. The fourth-order valence-corrected chi connectivity index (χ4v) is 2.00. The van der Waals surface area contributed by atoms with E-state index in [-0.39, 0.29) is 24.0 Å². The van der Waals surface area contributed by atoms with E-state index in [4.69, 9.17) is 0 Å². The third-order valence-corrected chi connectivity index (χ3v) is 3.13. The Hall–Kier alpha value is -2.50. The lowest BCUT2D eigenvalue weighted by Crippen LogP contribution is -2.30. The fourth-order valence-electron chi connectivity index (χ4n) is 2.00. The predicted octanol–water partition coefficient (Wildman–Crippen LogP) is 1.72. The molecule has 0 spiro atoms. The highest BCUT2D eigenvalue weighted by atomic mass is 16.6. The normalized spacial score (nSPS) is 14.8. The van der Waals surface area contributed by atoms with Gasteiger partial charge >= 0.3 is 0 Å². The molecule has 0 saturated heterocycles. The van der Waals surface area contributed by atoms with Crippen LogP contribution in [-0.4, -0.2) is 21.6 Å². The van der Waals surface area contributed by atoms with Crippen LogP contribution < -0.4 is 0 Å². The van der Waals surface area contributed by atoms with Gasteiger partial charge in [0.15, 0.2) is 0 Å². The van der Waals surface area contributed by atoms with Crippen molar-refractivity contribution in [1.29, 1.82) is 0 Å². The lowest BCUT2D eigenvalue weighted by atomic mass is 10.1. The maximum absolute atomic E-state index is 11.8. The summed E-state index contributed by atoms with van der Waals surface area (Å²) in [4.78, 5) is 34.8. The van der Waals surface area contributed by atoms with Gasteiger partial charge in [0.2, 0.25) is 0 Å². The summed E-state index contributed by atoms with van der Waals surface area (Å²) in [6, 6.07) is 4.62. The molecule has 0 bridgehead atoms. The molecule has 1 heterocycles. The van der Waals surface area contributed by atoms with E-state index in [0.717, 1.165) is 4.90 Å². The molecule has 0 saturated carbocycles. The van der Waals surface area contributed by atoms with Crippen molar-refractivity contribution in [2.45, 2.75) is 20.4 Å². The van der Waals surface area contributed by atoms with Crippen LogP contribution in [0.1, 0.15) is 18.1 Å². The van der Waals surface area contributed by atoms with E-state index in [9.17, 15) is 19.7 Å². The molecule has 0 atom stereocenters. The molecule has 0 unspecified atom stereocenters. The zero-order valence-electron chi connectivity index (χ0n) is 10.5. The Morgan fingerprint density at radius 2 is 1.95 bits per heavy atom. The van der Waals surface area contributed by atoms with Gasteiger partial charge < -0.3 is 0 Å². The first-order valence-electron chi connectivity index (χ1n) is 5.69. The maximum atomic E-state index is 11.8. The number of hydrogen-bond acceptors (Lipinski definition) is 4. The third-order valence-electron chi connectivity index (χ3n) is 3.13. The first kappa shape index (κ1) is 12.9. The lowest BCUT2D eigenvalue weighted by molar-refractivity contribution is -0.385. The number of hydrogen-bond donors (Lipinski definition) is 0. The first-order chi connectivity index (χ1) is 8.91. The summed E-state index contributed by atoms with van der Waals surface area (Å²) in [6.07, 6.45) is 1.27. The molecule has 98 valence electrons. The number of carbonyl (C=O) groups is 2. The average molecular weight is 260 g/mol. The van der Waals surface area contributed by atoms with Crippen LogP contribution in [0.5, 0.6) is 0 Å². The van der Waals surface area contributed by atoms with Gasteiger partial charge in [-0.05, 0) is 19.4 Å². The topological polar surface area (TPSA) is 80.5 Å². The van der Waals surface area contributed by atoms with E-state index in [1.807, 2.05) is 0 Å². The number of rotatable bonds is 3. The smallest absolute Gasteiger partial charge is 0.271 e. The van der Waals surface area contributed by atoms with Gasteiger partial charge in [0.1, 0.15) is 0 Å². The summed E-state index contributed by atoms with van der Waals surface area (Å²) < 4.78 is 0. The summed E-state index contributed by atoms with van der Waals surface area (Å²) >= 11 is 0. The van der Waals surface area contributed by atoms with Crippen molar-refractivity contribution >= 4 is 17.5 Å². The van der Waals surface area contributed by atoms with Crippen molar-refractivity contribution in [2.24, 2.45) is 0 Å². The summed E-state index contributed by atoms with van der Waals surface area (Å²) in [5, 5.41) is 10.8. The van der Waals surface area contributed by atoms with Crippen LogP contribution in [0.25, 0.3) is 0 Å². The van der Waals surface area contributed by atoms with Gasteiger partial charge in [-0.3, -0.25) is 24.6 Å². The molecule has 1 aliphatic rings. The van der Waals surface area contributed by atoms with Gasteiger partial charge in [-0.25, -0.2) is 0 Å². The van der Waals surface area contributed by atoms with Gasteiger partial charge in [0.25, 0.3) is 17.5 Å². The Bertz CT molecular complexity index is 619. The summed E-state index contributed by atoms with van der Waals surface area (Å²) in [5.74, 6) is -0.732. The molecule has 0 radical (unpaired) electrons. The minimum absolute atomic E-state index is 0.0127. The Labute approximate surface area is 109 Å². The number of imide groups is 1. The average Bonchev–Trinajstić information content (AvgIpc) is 2.58. The van der Waals surface area contributed by atoms with Gasteiger partial charge in [-0.1, -0.05) is 12.1 Å². The molecule has 0 N–H and O–H groups in total. The Balaban J connectivity index is 2.31. The van der Waals surface area contributed by atoms with E-state index in [2.05, 4.69) is 0 Å². The number of carbonyl (C=O) groups excluding carboxylic acids is 2. The maximum Gasteiger partial charge on any atom is 0.272 e. The lowest BCUT2D eigenvalue weighted by Gasteiger charge is -2.15. The van der Waals surface area contributed by atoms with Gasteiger partial charge in [0.05, 0.1) is 11.5 Å². The summed E-state index contributed by atoms with van der Waals surface area (Å²) in [5.41, 5.74) is 1.44. The first-order valence-corrected chi connectivity index (χ1v) is 5.69. The molecule has 2 amide bonds. The second-order valence-corrected chi connectivity index (χ2v) is 4.38. The molecule has 1 aromatic rings. The van der Waals surface area contributed by atoms with Crippen molar-refractivity contribution in [3.63, 3.8) is 0 Å². The molecule has 0 fully saturated rings. The van der Waals surface area contributed by atoms with Crippen LogP contribution in [0.15, 0.2) is 29.8 Å². The van der Waals surface area contributed by atoms with Crippen LogP contribution in [0.3, 0.4) is 0 Å². The molecular weight excluding hydrogens is 248 g/mol. The zero-order valence-corrected chi connectivity index (χ0v) is 10.5. The predicted molar refractivity (Wildman–Crippen MR) is 67.1 cm³/mol. The molecule has 1 aliphatic heterocycles. The molecular formula is C13H12N2O4. The minimum atomic E-state index is -0.476. The van der Waals surface area contributed by atoms with Crippen molar-refractivity contribution in [2.75, 3.05) is 0 Å². The second kappa shape index (κ2) is 4.64. The number of benzene rings is 1. The highest BCUT2D eigenvalue weighted by Gasteiger charge is 2.29. The SMILES string of the molecule is CC1=CC(=O)N(Cc2cccc([N+](=O)[O-])c2C)C1=O. The van der Waals surface area contributed by atoms with Crippen LogP contribution in [-0.2, 0) is 16.1 Å². The summed E-state index contributed by atoms with van der Waals surface area (Å²) in [6.45, 7) is 3.23. The molecule has 0 aliphatic carbocycles. The van der Waals surface area contributed by atoms with Crippen LogP contribution in [0.2, 0.25) is 0 Å². The largest absolute Gasteiger partial charge is 0.272 e. The number of nitro benzene ring substituents is 1. The second-order valence-electron chi connectivity index (χ2n) is 4.38. The summed E-state index contributed by atoms with van der Waals surface area (Å²) in [7, 11) is 0. The van der Waals surface area contributed by atoms with Gasteiger partial charge in [-0.15, -0.1) is 0 Å². The van der Waals surface area contributed by atoms with Crippen LogP contribution in [0.4, 0.5) is 5.69 Å². The fraction of sp³-hybridized carbons (Fsp3) is 0.231. The van der Waals surface area contributed by atoms with Crippen molar-refractivity contribution in [1.82, 2.24) is 4.90 Å². The van der Waals surface area contributed by atoms with Gasteiger partial charge in [-0.2, -0.15) is 0 Å². The minimum Gasteiger partial charge on any atom is -0.271 e. The Morgan fingerprint density at radius 1 is 1.26 bits per heavy atom. The highest BCUT2D eigenvalue weighted by Crippen LogP contribution is 2.24. The number of amides is 2. The molecule has 6 heteroatoms. The molecule has 6 nitrogen and oxygen atoms in total. The number of nitrogens with zero attached hydrogens (tertiary/aromatic N) is 2. The van der Waals surface area contributed by atoms with Gasteiger partial charge in [0, 0.05) is 23.3 Å². The van der Waals surface area contributed by atoms with E-state index in [1.54, 1.807) is 26.0 Å². The monoisotopic (exact) mass is 260 g/mol. The van der Waals surface area contributed by atoms with Crippen molar-refractivity contribution in [3.8, 4) is 0 Å². The van der Waals surface area contributed by atoms with E-state index < -0.39 is 4.92 Å². The molecule has 1 aromatic carbocycles. The van der Waals surface area contributed by atoms with Crippen molar-refractivity contribution < 1.29 is 14.5 Å². The quantitative estimate of drug-likeness (QED) is 0.470. The Morgan fingerprint density at radius 3 is 2.47 bits per heavy atom. The standard InChI is InChI=1S/C13H12N2O4/c1-8-6-12(16)14(13(8)17)7-10-4-3-5-11(9(10)2)15(18)19/h3-6H,7H2,1-2H3. The molecule has 0 aromatic heterocycles. The van der Waals surface area contributed by atoms with Crippen LogP contribution in [0, 0.1) is 17.0 Å². The van der Waals surface area contributed by atoms with E-state index in [1.165, 1.54) is 12.1 Å². The van der Waals surface area contributed by atoms with E-state index >= 15 is 0 Å². The number of nitro groups is 1. The Kier molecular flexibility index (Phi) is 3.16. The van der Waals surface area contributed by atoms with Crippen molar-refractivity contribution in [3.05, 3.63) is 51.1 Å². The molecule has 19 heavy (non-hydrogen) atoms. The third kappa shape index (κ3) is 2.24.